The molecule has 7 heteroatoms. The van der Waals surface area contributed by atoms with Crippen molar-refractivity contribution in [1.29, 1.82) is 0 Å². The number of carbonyl (C=O) groups excluding carboxylic acids is 2. The molecule has 0 aromatic carbocycles. The van der Waals surface area contributed by atoms with Crippen molar-refractivity contribution in [3.63, 3.8) is 0 Å². The van der Waals surface area contributed by atoms with E-state index in [2.05, 4.69) is 5.32 Å². The van der Waals surface area contributed by atoms with E-state index in [1.165, 1.54) is 9.80 Å². The van der Waals surface area contributed by atoms with E-state index in [1.54, 1.807) is 6.92 Å². The lowest BCUT2D eigenvalue weighted by Crippen LogP contribution is -2.58. The van der Waals surface area contributed by atoms with E-state index >= 15 is 0 Å². The number of nitrogens with one attached hydrogen (secondary N) is 1. The predicted octanol–water partition coefficient (Wildman–Crippen LogP) is -0.0307. The van der Waals surface area contributed by atoms with E-state index in [9.17, 15) is 14.4 Å². The number of hydrogen-bond acceptors (Lipinski definition) is 3. The largest absolute Gasteiger partial charge is 0.481 e. The van der Waals surface area contributed by atoms with Crippen LogP contribution in [-0.4, -0.2) is 65.0 Å². The third kappa shape index (κ3) is 4.11. The van der Waals surface area contributed by atoms with Gasteiger partial charge in [0.15, 0.2) is 0 Å². The fourth-order valence-corrected chi connectivity index (χ4v) is 1.85. The van der Waals surface area contributed by atoms with Gasteiger partial charge in [0.2, 0.25) is 5.91 Å². The first kappa shape index (κ1) is 15.3. The minimum Gasteiger partial charge on any atom is -0.481 e. The lowest BCUT2D eigenvalue weighted by molar-refractivity contribution is -0.146. The zero-order valence-electron chi connectivity index (χ0n) is 11.5. The van der Waals surface area contributed by atoms with Crippen molar-refractivity contribution in [1.82, 2.24) is 15.1 Å². The van der Waals surface area contributed by atoms with Gasteiger partial charge in [0.05, 0.1) is 5.92 Å². The monoisotopic (exact) mass is 271 g/mol. The van der Waals surface area contributed by atoms with Crippen LogP contribution >= 0.6 is 0 Å². The summed E-state index contributed by atoms with van der Waals surface area (Å²) in [6, 6.07) is -0.249. The number of carbonyl (C=O) groups is 3. The molecule has 1 heterocycles. The third-order valence-corrected chi connectivity index (χ3v) is 2.94. The Hall–Kier alpha value is -1.79. The average molecular weight is 271 g/mol. The Morgan fingerprint density at radius 1 is 1.37 bits per heavy atom. The van der Waals surface area contributed by atoms with E-state index in [-0.39, 0.29) is 37.6 Å². The molecular weight excluding hydrogens is 250 g/mol. The van der Waals surface area contributed by atoms with Crippen molar-refractivity contribution in [3.8, 4) is 0 Å². The quantitative estimate of drug-likeness (QED) is 0.734. The highest BCUT2D eigenvalue weighted by Gasteiger charge is 2.37. The van der Waals surface area contributed by atoms with Crippen molar-refractivity contribution < 1.29 is 19.5 Å². The van der Waals surface area contributed by atoms with Crippen LogP contribution in [0.5, 0.6) is 0 Å². The second kappa shape index (κ2) is 6.40. The first-order valence-corrected chi connectivity index (χ1v) is 6.41. The summed E-state index contributed by atoms with van der Waals surface area (Å²) in [5.74, 6) is -1.57. The highest BCUT2D eigenvalue weighted by molar-refractivity contribution is 5.85. The van der Waals surface area contributed by atoms with Crippen LogP contribution in [0.2, 0.25) is 0 Å². The number of likely N-dealkylation sites (tertiary alicyclic amines) is 1. The van der Waals surface area contributed by atoms with E-state index in [0.29, 0.717) is 6.54 Å². The summed E-state index contributed by atoms with van der Waals surface area (Å²) in [5, 5.41) is 11.5. The molecule has 0 saturated carbocycles. The van der Waals surface area contributed by atoms with Crippen LogP contribution in [0.25, 0.3) is 0 Å². The molecule has 1 saturated heterocycles. The first-order valence-electron chi connectivity index (χ1n) is 6.41. The van der Waals surface area contributed by atoms with Crippen LogP contribution in [0.1, 0.15) is 20.8 Å². The molecule has 1 fully saturated rings. The second-order valence-electron chi connectivity index (χ2n) is 4.96. The molecule has 0 unspecified atom stereocenters. The lowest BCUT2D eigenvalue weighted by atomic mass is 10.0. The summed E-state index contributed by atoms with van der Waals surface area (Å²) in [5.41, 5.74) is 0. The molecular formula is C12H21N3O4. The normalized spacial score (nSPS) is 15.1. The molecule has 3 amide bonds. The SMILES string of the molecule is CCN(CC(=O)NC(C)C)C(=O)N1CC(C(=O)O)C1. The summed E-state index contributed by atoms with van der Waals surface area (Å²) >= 11 is 0. The minimum absolute atomic E-state index is 0.00174. The van der Waals surface area contributed by atoms with Crippen LogP contribution in [-0.2, 0) is 9.59 Å². The van der Waals surface area contributed by atoms with E-state index in [4.69, 9.17) is 5.11 Å². The van der Waals surface area contributed by atoms with Gasteiger partial charge in [-0.15, -0.1) is 0 Å². The van der Waals surface area contributed by atoms with E-state index < -0.39 is 11.9 Å². The van der Waals surface area contributed by atoms with Crippen molar-refractivity contribution in [3.05, 3.63) is 0 Å². The second-order valence-corrected chi connectivity index (χ2v) is 4.96. The van der Waals surface area contributed by atoms with Crippen LogP contribution in [0.15, 0.2) is 0 Å². The summed E-state index contributed by atoms with van der Waals surface area (Å²) in [7, 11) is 0. The summed E-state index contributed by atoms with van der Waals surface area (Å²) < 4.78 is 0. The maximum Gasteiger partial charge on any atom is 0.320 e. The Labute approximate surface area is 112 Å². The van der Waals surface area contributed by atoms with Crippen molar-refractivity contribution >= 4 is 17.9 Å². The molecule has 2 N–H and O–H groups in total. The highest BCUT2D eigenvalue weighted by atomic mass is 16.4. The molecule has 0 spiro atoms. The number of aliphatic carboxylic acids is 1. The van der Waals surface area contributed by atoms with Gasteiger partial charge in [-0.3, -0.25) is 9.59 Å². The standard InChI is InChI=1S/C12H21N3O4/c1-4-14(7-10(16)13-8(2)3)12(19)15-5-9(6-15)11(17)18/h8-9H,4-7H2,1-3H3,(H,13,16)(H,17,18). The number of urea groups is 1. The molecule has 0 bridgehead atoms. The molecule has 0 aromatic heterocycles. The lowest BCUT2D eigenvalue weighted by Gasteiger charge is -2.39. The molecule has 0 atom stereocenters. The smallest absolute Gasteiger partial charge is 0.320 e. The predicted molar refractivity (Wildman–Crippen MR) is 68.6 cm³/mol. The van der Waals surface area contributed by atoms with Gasteiger partial charge >= 0.3 is 12.0 Å². The van der Waals surface area contributed by atoms with Crippen molar-refractivity contribution in [2.45, 2.75) is 26.8 Å². The summed E-state index contributed by atoms with van der Waals surface area (Å²) in [4.78, 5) is 37.2. The van der Waals surface area contributed by atoms with Gasteiger partial charge in [0.25, 0.3) is 0 Å². The zero-order chi connectivity index (χ0) is 14.6. The molecule has 0 aliphatic carbocycles. The Kier molecular flexibility index (Phi) is 5.14. The number of amides is 3. The van der Waals surface area contributed by atoms with Gasteiger partial charge in [-0.25, -0.2) is 4.79 Å². The number of nitrogens with zero attached hydrogens (tertiary/aromatic N) is 2. The molecule has 0 aromatic rings. The van der Waals surface area contributed by atoms with E-state index in [0.717, 1.165) is 0 Å². The molecule has 1 aliphatic heterocycles. The van der Waals surface area contributed by atoms with Gasteiger partial charge < -0.3 is 20.2 Å². The Balaban J connectivity index is 2.45. The van der Waals surface area contributed by atoms with Gasteiger partial charge in [-0.1, -0.05) is 0 Å². The Bertz CT molecular complexity index is 364. The number of carboxylic acids is 1. The third-order valence-electron chi connectivity index (χ3n) is 2.94. The topological polar surface area (TPSA) is 90.0 Å². The van der Waals surface area contributed by atoms with Crippen LogP contribution < -0.4 is 5.32 Å². The van der Waals surface area contributed by atoms with Gasteiger partial charge in [0.1, 0.15) is 6.54 Å². The summed E-state index contributed by atoms with van der Waals surface area (Å²) in [6.07, 6.45) is 0. The Morgan fingerprint density at radius 2 is 1.95 bits per heavy atom. The molecule has 0 radical (unpaired) electrons. The number of hydrogen-bond donors (Lipinski definition) is 2. The van der Waals surface area contributed by atoms with Gasteiger partial charge in [-0.05, 0) is 20.8 Å². The first-order chi connectivity index (χ1) is 8.85. The molecule has 1 aliphatic rings. The van der Waals surface area contributed by atoms with E-state index in [1.807, 2.05) is 13.8 Å². The van der Waals surface area contributed by atoms with Crippen LogP contribution in [0, 0.1) is 5.92 Å². The molecule has 1 rings (SSSR count). The van der Waals surface area contributed by atoms with Gasteiger partial charge in [0, 0.05) is 25.7 Å². The van der Waals surface area contributed by atoms with Crippen LogP contribution in [0.3, 0.4) is 0 Å². The minimum atomic E-state index is -0.885. The molecule has 7 nitrogen and oxygen atoms in total. The summed E-state index contributed by atoms with van der Waals surface area (Å²) in [6.45, 7) is 6.34. The van der Waals surface area contributed by atoms with Crippen molar-refractivity contribution in [2.24, 2.45) is 5.92 Å². The van der Waals surface area contributed by atoms with Gasteiger partial charge in [-0.2, -0.15) is 0 Å². The fraction of sp³-hybridized carbons (Fsp3) is 0.750. The van der Waals surface area contributed by atoms with Crippen LogP contribution in [0.4, 0.5) is 4.79 Å². The number of rotatable bonds is 5. The highest BCUT2D eigenvalue weighted by Crippen LogP contribution is 2.17. The average Bonchev–Trinajstić information content (AvgIpc) is 2.21. The molecule has 19 heavy (non-hydrogen) atoms. The molecule has 108 valence electrons. The van der Waals surface area contributed by atoms with Crippen molar-refractivity contribution in [2.75, 3.05) is 26.2 Å². The number of likely N-dealkylation sites (N-methyl/N-ethyl adjacent to an activating group) is 1. The maximum absolute atomic E-state index is 12.0. The zero-order valence-corrected chi connectivity index (χ0v) is 11.5. The number of carboxylic acid groups (broad SMARTS) is 1. The Morgan fingerprint density at radius 3 is 2.37 bits per heavy atom. The maximum atomic E-state index is 12.0. The fourth-order valence-electron chi connectivity index (χ4n) is 1.85.